The van der Waals surface area contributed by atoms with Crippen molar-refractivity contribution in [1.82, 2.24) is 20.0 Å². The minimum atomic E-state index is 1.06. The number of hydrogen-bond acceptors (Lipinski definition) is 5. The number of thioether (sulfide) groups is 1. The maximum absolute atomic E-state index is 4.13. The summed E-state index contributed by atoms with van der Waals surface area (Å²) < 4.78 is 2.90. The van der Waals surface area contributed by atoms with Gasteiger partial charge in [0.25, 0.3) is 0 Å². The average molecular weight is 240 g/mol. The summed E-state index contributed by atoms with van der Waals surface area (Å²) in [6.07, 6.45) is 6.22. The number of nitrogens with zero attached hydrogens (tertiary/aromatic N) is 4. The molecule has 0 saturated carbocycles. The molecule has 0 atom stereocenters. The van der Waals surface area contributed by atoms with Gasteiger partial charge in [0, 0.05) is 19.0 Å². The molecule has 0 amide bonds. The highest BCUT2D eigenvalue weighted by Gasteiger charge is 1.99. The molecule has 2 heterocycles. The first-order chi connectivity index (χ1) is 7.34. The van der Waals surface area contributed by atoms with Crippen molar-refractivity contribution < 1.29 is 0 Å². The first kappa shape index (κ1) is 10.6. The third-order valence-corrected chi connectivity index (χ3v) is 3.88. The molecule has 0 unspecified atom stereocenters. The lowest BCUT2D eigenvalue weighted by atomic mass is 10.2. The molecule has 0 aliphatic rings. The summed E-state index contributed by atoms with van der Waals surface area (Å²) >= 11 is 3.37. The van der Waals surface area contributed by atoms with Crippen LogP contribution in [0.15, 0.2) is 22.2 Å². The van der Waals surface area contributed by atoms with Crippen LogP contribution in [-0.2, 0) is 13.5 Å². The van der Waals surface area contributed by atoms with Crippen LogP contribution in [-0.4, -0.2) is 25.7 Å². The zero-order valence-corrected chi connectivity index (χ0v) is 10.1. The number of hydrogen-bond donors (Lipinski definition) is 0. The number of rotatable bonds is 5. The molecule has 0 saturated heterocycles. The maximum atomic E-state index is 4.13. The molecule has 2 aromatic heterocycles. The monoisotopic (exact) mass is 240 g/mol. The van der Waals surface area contributed by atoms with Crippen LogP contribution in [0.4, 0.5) is 0 Å². The van der Waals surface area contributed by atoms with E-state index in [0.717, 1.165) is 22.9 Å². The first-order valence-electron chi connectivity index (χ1n) is 4.71. The van der Waals surface area contributed by atoms with Gasteiger partial charge in [-0.3, -0.25) is 4.68 Å². The summed E-state index contributed by atoms with van der Waals surface area (Å²) in [4.78, 5) is 0. The Kier molecular flexibility index (Phi) is 3.74. The molecular weight excluding hydrogens is 228 g/mol. The fraction of sp³-hybridized carbons (Fsp3) is 0.444. The molecule has 15 heavy (non-hydrogen) atoms. The summed E-state index contributed by atoms with van der Waals surface area (Å²) in [5.41, 5.74) is 3.07. The van der Waals surface area contributed by atoms with Gasteiger partial charge in [0.1, 0.15) is 5.51 Å². The highest BCUT2D eigenvalue weighted by molar-refractivity contribution is 8.00. The van der Waals surface area contributed by atoms with E-state index in [1.165, 1.54) is 5.56 Å². The van der Waals surface area contributed by atoms with Crippen LogP contribution in [0.5, 0.6) is 0 Å². The summed E-state index contributed by atoms with van der Waals surface area (Å²) in [6, 6.07) is 0. The lowest BCUT2D eigenvalue weighted by molar-refractivity contribution is 0.766. The second-order valence-electron chi connectivity index (χ2n) is 3.18. The predicted octanol–water partition coefficient (Wildman–Crippen LogP) is 2.00. The van der Waals surface area contributed by atoms with Gasteiger partial charge in [-0.05, 0) is 18.4 Å². The van der Waals surface area contributed by atoms with Crippen molar-refractivity contribution in [3.63, 3.8) is 0 Å². The fourth-order valence-corrected chi connectivity index (χ4v) is 2.76. The maximum Gasteiger partial charge on any atom is 0.174 e. The Labute approximate surface area is 96.7 Å². The minimum Gasteiger partial charge on any atom is -0.276 e. The van der Waals surface area contributed by atoms with E-state index in [1.54, 1.807) is 28.6 Å². The van der Waals surface area contributed by atoms with Gasteiger partial charge >= 0.3 is 0 Å². The van der Waals surface area contributed by atoms with E-state index in [9.17, 15) is 0 Å². The molecule has 80 valence electrons. The van der Waals surface area contributed by atoms with Gasteiger partial charge in [-0.2, -0.15) is 5.10 Å². The smallest absolute Gasteiger partial charge is 0.174 e. The molecule has 0 fully saturated rings. The van der Waals surface area contributed by atoms with E-state index in [2.05, 4.69) is 21.5 Å². The van der Waals surface area contributed by atoms with E-state index in [-0.39, 0.29) is 0 Å². The third-order valence-electron chi connectivity index (χ3n) is 1.93. The van der Waals surface area contributed by atoms with Gasteiger partial charge in [0.2, 0.25) is 0 Å². The summed E-state index contributed by atoms with van der Waals surface area (Å²) in [6.45, 7) is 0. The van der Waals surface area contributed by atoms with Crippen molar-refractivity contribution in [2.24, 2.45) is 7.05 Å². The summed E-state index contributed by atoms with van der Waals surface area (Å²) in [7, 11) is 1.94. The quantitative estimate of drug-likeness (QED) is 0.592. The van der Waals surface area contributed by atoms with Crippen LogP contribution < -0.4 is 0 Å². The third kappa shape index (κ3) is 3.32. The Bertz CT molecular complexity index is 396. The number of aryl methyl sites for hydroxylation is 2. The normalized spacial score (nSPS) is 10.7. The van der Waals surface area contributed by atoms with Crippen LogP contribution >= 0.6 is 23.1 Å². The highest BCUT2D eigenvalue weighted by atomic mass is 32.2. The first-order valence-corrected chi connectivity index (χ1v) is 6.57. The Morgan fingerprint density at radius 1 is 1.53 bits per heavy atom. The lowest BCUT2D eigenvalue weighted by Gasteiger charge is -1.95. The standard InChI is InChI=1S/C9H12N4S2/c1-13-6-8(5-11-13)3-2-4-14-9-12-10-7-15-9/h5-7H,2-4H2,1H3. The molecule has 0 radical (unpaired) electrons. The van der Waals surface area contributed by atoms with Crippen LogP contribution in [0.1, 0.15) is 12.0 Å². The summed E-state index contributed by atoms with van der Waals surface area (Å²) in [5, 5.41) is 11.9. The van der Waals surface area contributed by atoms with Crippen LogP contribution in [0, 0.1) is 0 Å². The van der Waals surface area contributed by atoms with E-state index < -0.39 is 0 Å². The Balaban J connectivity index is 1.67. The van der Waals surface area contributed by atoms with Gasteiger partial charge in [-0.25, -0.2) is 0 Å². The molecule has 0 spiro atoms. The molecule has 0 aliphatic carbocycles. The molecular formula is C9H12N4S2. The van der Waals surface area contributed by atoms with Gasteiger partial charge in [0.15, 0.2) is 4.34 Å². The Hall–Kier alpha value is -0.880. The van der Waals surface area contributed by atoms with E-state index >= 15 is 0 Å². The summed E-state index contributed by atoms with van der Waals surface area (Å²) in [5.74, 6) is 1.09. The molecule has 0 aromatic carbocycles. The van der Waals surface area contributed by atoms with Gasteiger partial charge < -0.3 is 0 Å². The lowest BCUT2D eigenvalue weighted by Crippen LogP contribution is -1.87. The van der Waals surface area contributed by atoms with Crippen LogP contribution in [0.2, 0.25) is 0 Å². The van der Waals surface area contributed by atoms with Crippen molar-refractivity contribution in [2.45, 2.75) is 17.2 Å². The predicted molar refractivity (Wildman–Crippen MR) is 62.2 cm³/mol. The molecule has 0 N–H and O–H groups in total. The Morgan fingerprint density at radius 3 is 3.13 bits per heavy atom. The second-order valence-corrected chi connectivity index (χ2v) is 5.35. The van der Waals surface area contributed by atoms with Crippen molar-refractivity contribution in [3.8, 4) is 0 Å². The zero-order chi connectivity index (χ0) is 10.5. The van der Waals surface area contributed by atoms with E-state index in [0.29, 0.717) is 0 Å². The topological polar surface area (TPSA) is 43.6 Å². The van der Waals surface area contributed by atoms with E-state index in [1.807, 2.05) is 17.9 Å². The fourth-order valence-electron chi connectivity index (χ4n) is 1.26. The van der Waals surface area contributed by atoms with Crippen LogP contribution in [0.25, 0.3) is 0 Å². The SMILES string of the molecule is Cn1cc(CCCSc2nncs2)cn1. The molecule has 0 aliphatic heterocycles. The van der Waals surface area contributed by atoms with Gasteiger partial charge in [-0.1, -0.05) is 23.1 Å². The van der Waals surface area contributed by atoms with Crippen molar-refractivity contribution >= 4 is 23.1 Å². The van der Waals surface area contributed by atoms with Crippen molar-refractivity contribution in [1.29, 1.82) is 0 Å². The molecule has 2 rings (SSSR count). The van der Waals surface area contributed by atoms with Gasteiger partial charge in [-0.15, -0.1) is 10.2 Å². The molecule has 6 heteroatoms. The zero-order valence-electron chi connectivity index (χ0n) is 8.46. The molecule has 2 aromatic rings. The molecule has 0 bridgehead atoms. The molecule has 4 nitrogen and oxygen atoms in total. The van der Waals surface area contributed by atoms with Crippen LogP contribution in [0.3, 0.4) is 0 Å². The minimum absolute atomic E-state index is 1.06. The average Bonchev–Trinajstić information content (AvgIpc) is 2.84. The number of aromatic nitrogens is 4. The van der Waals surface area contributed by atoms with Crippen molar-refractivity contribution in [3.05, 3.63) is 23.5 Å². The Morgan fingerprint density at radius 2 is 2.47 bits per heavy atom. The second kappa shape index (κ2) is 5.27. The van der Waals surface area contributed by atoms with Crippen molar-refractivity contribution in [2.75, 3.05) is 5.75 Å². The van der Waals surface area contributed by atoms with Gasteiger partial charge in [0.05, 0.1) is 6.20 Å². The largest absolute Gasteiger partial charge is 0.276 e. The van der Waals surface area contributed by atoms with E-state index in [4.69, 9.17) is 0 Å². The highest BCUT2D eigenvalue weighted by Crippen LogP contribution is 2.20.